The van der Waals surface area contributed by atoms with Gasteiger partial charge in [-0.25, -0.2) is 0 Å². The van der Waals surface area contributed by atoms with Gasteiger partial charge in [0.1, 0.15) is 0 Å². The second kappa shape index (κ2) is 5.52. The summed E-state index contributed by atoms with van der Waals surface area (Å²) in [7, 11) is -8.77. The van der Waals surface area contributed by atoms with Gasteiger partial charge in [0, 0.05) is 6.42 Å². The van der Waals surface area contributed by atoms with Crippen LogP contribution in [0.1, 0.15) is 6.42 Å². The van der Waals surface area contributed by atoms with Crippen molar-refractivity contribution in [2.75, 3.05) is 12.3 Å². The van der Waals surface area contributed by atoms with Gasteiger partial charge in [0.05, 0.1) is 24.5 Å². The molecule has 0 saturated carbocycles. The van der Waals surface area contributed by atoms with E-state index in [1.54, 1.807) is 0 Å². The van der Waals surface area contributed by atoms with Gasteiger partial charge < -0.3 is 29.8 Å². The van der Waals surface area contributed by atoms with Gasteiger partial charge in [0.25, 0.3) is 0 Å². The van der Waals surface area contributed by atoms with E-state index >= 15 is 0 Å². The Balaban J connectivity index is 4.03. The molecule has 6 N–H and O–H groups in total. The molecule has 0 bridgehead atoms. The molecule has 0 aromatic rings. The van der Waals surface area contributed by atoms with Gasteiger partial charge >= 0.3 is 15.2 Å². The number of rotatable bonds is 6. The molecule has 0 heterocycles. The van der Waals surface area contributed by atoms with Crippen molar-refractivity contribution in [1.29, 1.82) is 0 Å². The van der Waals surface area contributed by atoms with Crippen LogP contribution in [0.2, 0.25) is 0 Å². The van der Waals surface area contributed by atoms with Crippen LogP contribution >= 0.6 is 15.2 Å². The van der Waals surface area contributed by atoms with E-state index in [2.05, 4.69) is 0 Å². The maximum Gasteiger partial charge on any atom is 0.328 e. The number of aliphatic hydroxyl groups is 2. The molecule has 0 amide bonds. The molecule has 0 fully saturated rings. The summed E-state index contributed by atoms with van der Waals surface area (Å²) in [4.78, 5) is 33.8. The Morgan fingerprint density at radius 1 is 0.800 bits per heavy atom. The fourth-order valence-electron chi connectivity index (χ4n) is 1.01. The van der Waals surface area contributed by atoms with Crippen molar-refractivity contribution >= 4 is 15.2 Å². The number of aliphatic hydroxyl groups excluding tert-OH is 2. The molecule has 92 valence electrons. The first-order valence-corrected chi connectivity index (χ1v) is 7.54. The van der Waals surface area contributed by atoms with E-state index in [9.17, 15) is 9.13 Å². The lowest BCUT2D eigenvalue weighted by molar-refractivity contribution is 0.0992. The van der Waals surface area contributed by atoms with Crippen LogP contribution in [0.25, 0.3) is 0 Å². The minimum Gasteiger partial charge on any atom is -0.392 e. The van der Waals surface area contributed by atoms with Crippen LogP contribution in [0.15, 0.2) is 0 Å². The summed E-state index contributed by atoms with van der Waals surface area (Å²) in [6.45, 7) is 0. The van der Waals surface area contributed by atoms with Gasteiger partial charge in [-0.2, -0.15) is 0 Å². The molecule has 0 aliphatic rings. The lowest BCUT2D eigenvalue weighted by atomic mass is 10.2. The average Bonchev–Trinajstić information content (AvgIpc) is 1.73. The van der Waals surface area contributed by atoms with Crippen LogP contribution < -0.4 is 0 Å². The van der Waals surface area contributed by atoms with Gasteiger partial charge in [-0.15, -0.1) is 0 Å². The highest BCUT2D eigenvalue weighted by Crippen LogP contribution is 2.38. The van der Waals surface area contributed by atoms with E-state index in [-0.39, 0.29) is 0 Å². The predicted octanol–water partition coefficient (Wildman–Crippen LogP) is -1.55. The Morgan fingerprint density at radius 2 is 1.07 bits per heavy atom. The Morgan fingerprint density at radius 3 is 1.27 bits per heavy atom. The highest BCUT2D eigenvalue weighted by atomic mass is 31.2. The fraction of sp³-hybridized carbons (Fsp3) is 1.00. The highest BCUT2D eigenvalue weighted by molar-refractivity contribution is 7.52. The smallest absolute Gasteiger partial charge is 0.328 e. The molecule has 2 unspecified atom stereocenters. The van der Waals surface area contributed by atoms with Crippen LogP contribution in [0, 0.1) is 0 Å². The molecular weight excluding hydrogens is 250 g/mol. The molecule has 0 rings (SSSR count). The van der Waals surface area contributed by atoms with Gasteiger partial charge in [-0.1, -0.05) is 0 Å². The third-order valence-corrected chi connectivity index (χ3v) is 3.24. The molecule has 0 saturated heterocycles. The molecule has 0 spiro atoms. The molecule has 15 heavy (non-hydrogen) atoms. The van der Waals surface area contributed by atoms with Gasteiger partial charge in [0.2, 0.25) is 0 Å². The van der Waals surface area contributed by atoms with E-state index < -0.39 is 46.1 Å². The monoisotopic (exact) mass is 264 g/mol. The molecule has 10 heteroatoms. The minimum atomic E-state index is -4.38. The van der Waals surface area contributed by atoms with Crippen LogP contribution in [0.4, 0.5) is 0 Å². The SMILES string of the molecule is O=P(O)(O)CC(O)CC(O)CP(=O)(O)O. The zero-order valence-corrected chi connectivity index (χ0v) is 9.46. The molecule has 0 aromatic heterocycles. The number of hydrogen-bond donors (Lipinski definition) is 6. The van der Waals surface area contributed by atoms with Crippen molar-refractivity contribution < 1.29 is 38.9 Å². The van der Waals surface area contributed by atoms with Crippen LogP contribution in [0.3, 0.4) is 0 Å². The molecule has 0 aromatic carbocycles. The average molecular weight is 264 g/mol. The first-order chi connectivity index (χ1) is 6.49. The molecule has 0 aliphatic heterocycles. The summed E-state index contributed by atoms with van der Waals surface area (Å²) in [6.07, 6.45) is -5.16. The fourth-order valence-corrected chi connectivity index (χ4v) is 2.41. The van der Waals surface area contributed by atoms with Crippen molar-refractivity contribution in [3.63, 3.8) is 0 Å². The Labute approximate surface area is 85.9 Å². The highest BCUT2D eigenvalue weighted by Gasteiger charge is 2.25. The van der Waals surface area contributed by atoms with Gasteiger partial charge in [-0.05, 0) is 0 Å². The first-order valence-electron chi connectivity index (χ1n) is 3.95. The third-order valence-electron chi connectivity index (χ3n) is 1.44. The maximum atomic E-state index is 10.4. The van der Waals surface area contributed by atoms with Crippen LogP contribution in [0.5, 0.6) is 0 Å². The maximum absolute atomic E-state index is 10.4. The van der Waals surface area contributed by atoms with Crippen molar-refractivity contribution in [3.8, 4) is 0 Å². The van der Waals surface area contributed by atoms with E-state index in [0.717, 1.165) is 0 Å². The van der Waals surface area contributed by atoms with E-state index in [0.29, 0.717) is 0 Å². The molecule has 0 radical (unpaired) electrons. The second-order valence-corrected chi connectivity index (χ2v) is 6.63. The Hall–Kier alpha value is 0.220. The zero-order valence-electron chi connectivity index (χ0n) is 7.67. The van der Waals surface area contributed by atoms with E-state index in [1.807, 2.05) is 0 Å². The van der Waals surface area contributed by atoms with Crippen molar-refractivity contribution in [3.05, 3.63) is 0 Å². The van der Waals surface area contributed by atoms with Crippen molar-refractivity contribution in [1.82, 2.24) is 0 Å². The first kappa shape index (κ1) is 15.2. The zero-order chi connectivity index (χ0) is 12.3. The predicted molar refractivity (Wildman–Crippen MR) is 50.5 cm³/mol. The summed E-state index contributed by atoms with van der Waals surface area (Å²) >= 11 is 0. The Bertz CT molecular complexity index is 251. The van der Waals surface area contributed by atoms with Crippen molar-refractivity contribution in [2.24, 2.45) is 0 Å². The summed E-state index contributed by atoms with van der Waals surface area (Å²) in [6, 6.07) is 0. The van der Waals surface area contributed by atoms with Crippen LogP contribution in [-0.4, -0.2) is 54.3 Å². The number of hydrogen-bond acceptors (Lipinski definition) is 4. The normalized spacial score (nSPS) is 17.5. The summed E-state index contributed by atoms with van der Waals surface area (Å²) in [5, 5.41) is 18.1. The standard InChI is InChI=1S/C5H14O8P2/c6-4(2-14(8,9)10)1-5(7)3-15(11,12)13/h4-7H,1-3H2,(H2,8,9,10)(H2,11,12,13). The van der Waals surface area contributed by atoms with E-state index in [1.165, 1.54) is 0 Å². The lowest BCUT2D eigenvalue weighted by Gasteiger charge is -2.16. The minimum absolute atomic E-state index is 0.490. The summed E-state index contributed by atoms with van der Waals surface area (Å²) < 4.78 is 20.8. The lowest BCUT2D eigenvalue weighted by Crippen LogP contribution is -2.23. The second-order valence-electron chi connectivity index (χ2n) is 3.24. The molecular formula is C5H14O8P2. The van der Waals surface area contributed by atoms with Crippen LogP contribution in [-0.2, 0) is 9.13 Å². The summed E-state index contributed by atoms with van der Waals surface area (Å²) in [5.74, 6) is 0. The van der Waals surface area contributed by atoms with Gasteiger partial charge in [-0.3, -0.25) is 9.13 Å². The Kier molecular flexibility index (Phi) is 5.60. The molecule has 2 atom stereocenters. The topological polar surface area (TPSA) is 156 Å². The van der Waals surface area contributed by atoms with Gasteiger partial charge in [0.15, 0.2) is 0 Å². The van der Waals surface area contributed by atoms with Crippen molar-refractivity contribution in [2.45, 2.75) is 18.6 Å². The third kappa shape index (κ3) is 10.5. The summed E-state index contributed by atoms with van der Waals surface area (Å²) in [5.41, 5.74) is 0. The van der Waals surface area contributed by atoms with E-state index in [4.69, 9.17) is 29.8 Å². The largest absolute Gasteiger partial charge is 0.392 e. The molecule has 8 nitrogen and oxygen atoms in total. The molecule has 0 aliphatic carbocycles. The quantitative estimate of drug-likeness (QED) is 0.315.